The van der Waals surface area contributed by atoms with Crippen molar-refractivity contribution in [2.75, 3.05) is 27.4 Å². The predicted molar refractivity (Wildman–Crippen MR) is 70.6 cm³/mol. The SMILES string of the molecule is CCOCC(C)OC(C)CC(C)(NC)C(=O)OC. The molecule has 0 spiro atoms. The Morgan fingerprint density at radius 3 is 2.39 bits per heavy atom. The first kappa shape index (κ1) is 17.4. The first-order chi connectivity index (χ1) is 8.39. The van der Waals surface area contributed by atoms with Crippen LogP contribution in [-0.2, 0) is 19.0 Å². The molecule has 1 N–H and O–H groups in total. The summed E-state index contributed by atoms with van der Waals surface area (Å²) >= 11 is 0. The van der Waals surface area contributed by atoms with Crippen molar-refractivity contribution in [1.29, 1.82) is 0 Å². The molecule has 3 unspecified atom stereocenters. The van der Waals surface area contributed by atoms with E-state index in [9.17, 15) is 4.79 Å². The number of hydrogen-bond acceptors (Lipinski definition) is 5. The van der Waals surface area contributed by atoms with Gasteiger partial charge in [0.25, 0.3) is 0 Å². The number of rotatable bonds is 9. The Bertz CT molecular complexity index is 247. The average Bonchev–Trinajstić information content (AvgIpc) is 2.34. The molecule has 0 amide bonds. The highest BCUT2D eigenvalue weighted by Gasteiger charge is 2.34. The topological polar surface area (TPSA) is 56.8 Å². The molecule has 0 radical (unpaired) electrons. The summed E-state index contributed by atoms with van der Waals surface area (Å²) in [6, 6.07) is 0. The van der Waals surface area contributed by atoms with Crippen LogP contribution in [0.3, 0.4) is 0 Å². The molecule has 0 fully saturated rings. The maximum Gasteiger partial charge on any atom is 0.325 e. The zero-order chi connectivity index (χ0) is 14.2. The fourth-order valence-corrected chi connectivity index (χ4v) is 1.86. The average molecular weight is 261 g/mol. The number of ether oxygens (including phenoxy) is 3. The Balaban J connectivity index is 4.26. The maximum atomic E-state index is 11.7. The fraction of sp³-hybridized carbons (Fsp3) is 0.923. The van der Waals surface area contributed by atoms with E-state index in [1.807, 2.05) is 27.7 Å². The number of carbonyl (C=O) groups excluding carboxylic acids is 1. The molecule has 0 aromatic heterocycles. The zero-order valence-corrected chi connectivity index (χ0v) is 12.4. The molecule has 5 heteroatoms. The highest BCUT2D eigenvalue weighted by atomic mass is 16.5. The van der Waals surface area contributed by atoms with E-state index in [-0.39, 0.29) is 18.2 Å². The highest BCUT2D eigenvalue weighted by Crippen LogP contribution is 2.17. The molecule has 108 valence electrons. The minimum Gasteiger partial charge on any atom is -0.468 e. The summed E-state index contributed by atoms with van der Waals surface area (Å²) in [4.78, 5) is 11.7. The molecule has 3 atom stereocenters. The molecule has 18 heavy (non-hydrogen) atoms. The van der Waals surface area contributed by atoms with Gasteiger partial charge in [-0.05, 0) is 34.7 Å². The van der Waals surface area contributed by atoms with E-state index in [4.69, 9.17) is 14.2 Å². The van der Waals surface area contributed by atoms with Crippen molar-refractivity contribution < 1.29 is 19.0 Å². The Kier molecular flexibility index (Phi) is 8.15. The molecule has 0 saturated carbocycles. The summed E-state index contributed by atoms with van der Waals surface area (Å²) in [6.07, 6.45) is 0.503. The van der Waals surface area contributed by atoms with E-state index in [0.717, 1.165) is 0 Å². The second kappa shape index (κ2) is 8.45. The van der Waals surface area contributed by atoms with Gasteiger partial charge in [0, 0.05) is 13.0 Å². The first-order valence-electron chi connectivity index (χ1n) is 6.40. The van der Waals surface area contributed by atoms with Gasteiger partial charge in [0.05, 0.1) is 25.9 Å². The molecule has 0 rings (SSSR count). The van der Waals surface area contributed by atoms with Crippen LogP contribution in [0.2, 0.25) is 0 Å². The van der Waals surface area contributed by atoms with E-state index in [1.54, 1.807) is 7.05 Å². The maximum absolute atomic E-state index is 11.7. The Morgan fingerprint density at radius 1 is 1.33 bits per heavy atom. The number of methoxy groups -OCH3 is 1. The molecule has 0 aliphatic rings. The van der Waals surface area contributed by atoms with E-state index in [1.165, 1.54) is 7.11 Å². The number of nitrogens with one attached hydrogen (secondary N) is 1. The van der Waals surface area contributed by atoms with Crippen LogP contribution in [-0.4, -0.2) is 51.1 Å². The largest absolute Gasteiger partial charge is 0.468 e. The Morgan fingerprint density at radius 2 is 1.94 bits per heavy atom. The Hall–Kier alpha value is -0.650. The van der Waals surface area contributed by atoms with E-state index in [0.29, 0.717) is 19.6 Å². The third kappa shape index (κ3) is 5.80. The molecule has 0 bridgehead atoms. The van der Waals surface area contributed by atoms with Gasteiger partial charge < -0.3 is 19.5 Å². The lowest BCUT2D eigenvalue weighted by atomic mass is 9.95. The number of hydrogen-bond donors (Lipinski definition) is 1. The van der Waals surface area contributed by atoms with E-state index >= 15 is 0 Å². The van der Waals surface area contributed by atoms with Crippen molar-refractivity contribution >= 4 is 5.97 Å². The molecule has 0 aliphatic heterocycles. The third-order valence-electron chi connectivity index (χ3n) is 2.90. The lowest BCUT2D eigenvalue weighted by Gasteiger charge is -2.30. The quantitative estimate of drug-likeness (QED) is 0.635. The van der Waals surface area contributed by atoms with E-state index < -0.39 is 5.54 Å². The van der Waals surface area contributed by atoms with Gasteiger partial charge >= 0.3 is 5.97 Å². The standard InChI is InChI=1S/C13H27NO4/c1-7-17-9-11(3)18-10(2)8-13(4,14-5)12(15)16-6/h10-11,14H,7-9H2,1-6H3. The van der Waals surface area contributed by atoms with Crippen LogP contribution < -0.4 is 5.32 Å². The van der Waals surface area contributed by atoms with Crippen molar-refractivity contribution in [3.05, 3.63) is 0 Å². The monoisotopic (exact) mass is 261 g/mol. The van der Waals surface area contributed by atoms with Crippen LogP contribution in [0.4, 0.5) is 0 Å². The van der Waals surface area contributed by atoms with Crippen molar-refractivity contribution in [1.82, 2.24) is 5.32 Å². The molecule has 5 nitrogen and oxygen atoms in total. The minimum atomic E-state index is -0.723. The Labute approximate surface area is 110 Å². The molecule has 0 aromatic carbocycles. The van der Waals surface area contributed by atoms with Crippen LogP contribution in [0.1, 0.15) is 34.1 Å². The summed E-state index contributed by atoms with van der Waals surface area (Å²) < 4.78 is 15.9. The summed E-state index contributed by atoms with van der Waals surface area (Å²) in [5.41, 5.74) is -0.723. The fourth-order valence-electron chi connectivity index (χ4n) is 1.86. The van der Waals surface area contributed by atoms with Crippen LogP contribution in [0.5, 0.6) is 0 Å². The predicted octanol–water partition coefficient (Wildman–Crippen LogP) is 1.36. The molecule has 0 aliphatic carbocycles. The lowest BCUT2D eigenvalue weighted by Crippen LogP contribution is -2.50. The molecule has 0 aromatic rings. The zero-order valence-electron chi connectivity index (χ0n) is 12.4. The van der Waals surface area contributed by atoms with Crippen LogP contribution in [0, 0.1) is 0 Å². The minimum absolute atomic E-state index is 0.0127. The van der Waals surface area contributed by atoms with Gasteiger partial charge in [-0.1, -0.05) is 0 Å². The summed E-state index contributed by atoms with van der Waals surface area (Å²) in [6.45, 7) is 8.91. The van der Waals surface area contributed by atoms with Crippen molar-refractivity contribution in [2.45, 2.75) is 51.9 Å². The number of esters is 1. The van der Waals surface area contributed by atoms with Crippen LogP contribution in [0.15, 0.2) is 0 Å². The molecule has 0 saturated heterocycles. The summed E-state index contributed by atoms with van der Waals surface area (Å²) in [5.74, 6) is -0.280. The van der Waals surface area contributed by atoms with Crippen molar-refractivity contribution in [2.24, 2.45) is 0 Å². The van der Waals surface area contributed by atoms with Gasteiger partial charge in [0.1, 0.15) is 5.54 Å². The van der Waals surface area contributed by atoms with Gasteiger partial charge in [-0.3, -0.25) is 4.79 Å². The molecule has 0 heterocycles. The number of carbonyl (C=O) groups is 1. The van der Waals surface area contributed by atoms with Crippen molar-refractivity contribution in [3.8, 4) is 0 Å². The molecular formula is C13H27NO4. The highest BCUT2D eigenvalue weighted by molar-refractivity contribution is 5.80. The second-order valence-corrected chi connectivity index (χ2v) is 4.69. The van der Waals surface area contributed by atoms with Gasteiger partial charge in [-0.25, -0.2) is 0 Å². The van der Waals surface area contributed by atoms with Gasteiger partial charge in [-0.2, -0.15) is 0 Å². The smallest absolute Gasteiger partial charge is 0.325 e. The number of likely N-dealkylation sites (N-methyl/N-ethyl adjacent to an activating group) is 1. The van der Waals surface area contributed by atoms with Crippen molar-refractivity contribution in [3.63, 3.8) is 0 Å². The normalized spacial score (nSPS) is 17.9. The van der Waals surface area contributed by atoms with Gasteiger partial charge in [0.2, 0.25) is 0 Å². The second-order valence-electron chi connectivity index (χ2n) is 4.69. The summed E-state index contributed by atoms with van der Waals surface area (Å²) in [7, 11) is 3.13. The summed E-state index contributed by atoms with van der Waals surface area (Å²) in [5, 5.41) is 2.99. The molecular weight excluding hydrogens is 234 g/mol. The van der Waals surface area contributed by atoms with E-state index in [2.05, 4.69) is 5.32 Å². The first-order valence-corrected chi connectivity index (χ1v) is 6.40. The van der Waals surface area contributed by atoms with Gasteiger partial charge in [-0.15, -0.1) is 0 Å². The van der Waals surface area contributed by atoms with Crippen LogP contribution in [0.25, 0.3) is 0 Å². The third-order valence-corrected chi connectivity index (χ3v) is 2.90. The van der Waals surface area contributed by atoms with Gasteiger partial charge in [0.15, 0.2) is 0 Å². The lowest BCUT2D eigenvalue weighted by molar-refractivity contribution is -0.150. The van der Waals surface area contributed by atoms with Crippen LogP contribution >= 0.6 is 0 Å².